The molecule has 0 saturated carbocycles. The van der Waals surface area contributed by atoms with E-state index in [1.54, 1.807) is 13.8 Å². The Morgan fingerprint density at radius 1 is 1.41 bits per heavy atom. The predicted molar refractivity (Wildman–Crippen MR) is 59.8 cm³/mol. The lowest BCUT2D eigenvalue weighted by atomic mass is 10.3. The first-order valence-electron chi connectivity index (χ1n) is 4.86. The van der Waals surface area contributed by atoms with Crippen molar-refractivity contribution in [2.45, 2.75) is 31.3 Å². The molecule has 0 aliphatic heterocycles. The van der Waals surface area contributed by atoms with Crippen molar-refractivity contribution in [3.63, 3.8) is 0 Å². The van der Waals surface area contributed by atoms with Crippen LogP contribution in [0.4, 0.5) is 8.78 Å². The summed E-state index contributed by atoms with van der Waals surface area (Å²) >= 11 is 0. The molecule has 1 aromatic rings. The van der Waals surface area contributed by atoms with Crippen molar-refractivity contribution in [2.24, 2.45) is 0 Å². The molecule has 0 aliphatic carbocycles. The highest BCUT2D eigenvalue weighted by molar-refractivity contribution is 8.13. The summed E-state index contributed by atoms with van der Waals surface area (Å²) in [5.74, 6) is -2.67. The summed E-state index contributed by atoms with van der Waals surface area (Å²) in [6, 6.07) is 1.17. The fourth-order valence-electron chi connectivity index (χ4n) is 1.12. The average Bonchev–Trinajstić information content (AvgIpc) is 2.19. The molecule has 0 spiro atoms. The highest BCUT2D eigenvalue weighted by Crippen LogP contribution is 2.31. The Kier molecular flexibility index (Phi) is 4.32. The minimum atomic E-state index is -4.27. The molecule has 17 heavy (non-hydrogen) atoms. The second-order valence-electron chi connectivity index (χ2n) is 3.49. The Morgan fingerprint density at radius 2 is 2.00 bits per heavy atom. The summed E-state index contributed by atoms with van der Waals surface area (Å²) in [7, 11) is 0.828. The molecule has 0 fully saturated rings. The van der Waals surface area contributed by atoms with Gasteiger partial charge < -0.3 is 4.74 Å². The molecular weight excluding hydrogens is 274 g/mol. The number of benzene rings is 1. The standard InChI is InChI=1S/C10H11ClF2O3S/c1-3-6(2)16-10-8(13)4-7(12)5-9(10)17(11,14)15/h4-6H,3H2,1-2H3. The van der Waals surface area contributed by atoms with Crippen molar-refractivity contribution in [3.05, 3.63) is 23.8 Å². The monoisotopic (exact) mass is 284 g/mol. The Hall–Kier alpha value is -0.880. The van der Waals surface area contributed by atoms with E-state index < -0.39 is 37.4 Å². The van der Waals surface area contributed by atoms with E-state index in [0.717, 1.165) is 0 Å². The van der Waals surface area contributed by atoms with Gasteiger partial charge in [0.15, 0.2) is 11.6 Å². The first kappa shape index (κ1) is 14.2. The zero-order chi connectivity index (χ0) is 13.2. The van der Waals surface area contributed by atoms with Crippen LogP contribution in [0, 0.1) is 11.6 Å². The lowest BCUT2D eigenvalue weighted by Crippen LogP contribution is -2.13. The molecule has 7 heteroatoms. The number of ether oxygens (including phenoxy) is 1. The Morgan fingerprint density at radius 3 is 2.47 bits per heavy atom. The van der Waals surface area contributed by atoms with Gasteiger partial charge in [0.05, 0.1) is 6.10 Å². The van der Waals surface area contributed by atoms with E-state index >= 15 is 0 Å². The predicted octanol–water partition coefficient (Wildman–Crippen LogP) is 3.07. The summed E-state index contributed by atoms with van der Waals surface area (Å²) in [5.41, 5.74) is 0. The number of hydrogen-bond acceptors (Lipinski definition) is 3. The summed E-state index contributed by atoms with van der Waals surface area (Å²) in [5, 5.41) is 0. The molecule has 0 aliphatic rings. The van der Waals surface area contributed by atoms with Gasteiger partial charge in [0, 0.05) is 16.7 Å². The molecule has 96 valence electrons. The van der Waals surface area contributed by atoms with E-state index in [0.29, 0.717) is 18.6 Å². The third-order valence-corrected chi connectivity index (χ3v) is 3.46. The van der Waals surface area contributed by atoms with Crippen molar-refractivity contribution < 1.29 is 21.9 Å². The second-order valence-corrected chi connectivity index (χ2v) is 6.02. The molecule has 0 aromatic heterocycles. The summed E-state index contributed by atoms with van der Waals surface area (Å²) in [6.07, 6.45) is 0.130. The Balaban J connectivity index is 3.36. The molecule has 1 unspecified atom stereocenters. The highest BCUT2D eigenvalue weighted by Gasteiger charge is 2.23. The minimum absolute atomic E-state index is 0.410. The van der Waals surface area contributed by atoms with Crippen LogP contribution in [0.1, 0.15) is 20.3 Å². The van der Waals surface area contributed by atoms with Gasteiger partial charge >= 0.3 is 0 Å². The summed E-state index contributed by atoms with van der Waals surface area (Å²) in [4.78, 5) is -0.697. The van der Waals surface area contributed by atoms with E-state index in [1.165, 1.54) is 0 Å². The number of hydrogen-bond donors (Lipinski definition) is 0. The van der Waals surface area contributed by atoms with E-state index in [1.807, 2.05) is 0 Å². The molecule has 0 radical (unpaired) electrons. The number of halogens is 3. The number of rotatable bonds is 4. The maximum atomic E-state index is 13.4. The van der Waals surface area contributed by atoms with Gasteiger partial charge in [0.2, 0.25) is 0 Å². The van der Waals surface area contributed by atoms with Gasteiger partial charge in [-0.3, -0.25) is 0 Å². The van der Waals surface area contributed by atoms with E-state index in [-0.39, 0.29) is 0 Å². The molecule has 0 amide bonds. The first-order valence-corrected chi connectivity index (χ1v) is 7.17. The largest absolute Gasteiger partial charge is 0.486 e. The smallest absolute Gasteiger partial charge is 0.265 e. The van der Waals surface area contributed by atoms with E-state index in [4.69, 9.17) is 15.4 Å². The van der Waals surface area contributed by atoms with E-state index in [9.17, 15) is 17.2 Å². The summed E-state index contributed by atoms with van der Waals surface area (Å²) in [6.45, 7) is 3.41. The zero-order valence-corrected chi connectivity index (χ0v) is 10.8. The van der Waals surface area contributed by atoms with Gasteiger partial charge in [-0.1, -0.05) is 6.92 Å². The minimum Gasteiger partial charge on any atom is -0.486 e. The maximum absolute atomic E-state index is 13.4. The first-order chi connectivity index (χ1) is 7.75. The fraction of sp³-hybridized carbons (Fsp3) is 0.400. The van der Waals surface area contributed by atoms with E-state index in [2.05, 4.69) is 0 Å². The van der Waals surface area contributed by atoms with Gasteiger partial charge in [-0.2, -0.15) is 0 Å². The van der Waals surface area contributed by atoms with Crippen LogP contribution in [0.15, 0.2) is 17.0 Å². The molecular formula is C10H11ClF2O3S. The van der Waals surface area contributed by atoms with Crippen molar-refractivity contribution in [1.29, 1.82) is 0 Å². The Labute approximate surface area is 103 Å². The average molecular weight is 285 g/mol. The SMILES string of the molecule is CCC(C)Oc1c(F)cc(F)cc1S(=O)(=O)Cl. The van der Waals surface area contributed by atoms with Crippen LogP contribution in [0.5, 0.6) is 5.75 Å². The van der Waals surface area contributed by atoms with Crippen LogP contribution in [0.25, 0.3) is 0 Å². The Bertz CT molecular complexity index is 517. The van der Waals surface area contributed by atoms with Crippen molar-refractivity contribution in [2.75, 3.05) is 0 Å². The van der Waals surface area contributed by atoms with Crippen LogP contribution >= 0.6 is 10.7 Å². The van der Waals surface area contributed by atoms with Crippen molar-refractivity contribution in [3.8, 4) is 5.75 Å². The van der Waals surface area contributed by atoms with Crippen LogP contribution in [0.2, 0.25) is 0 Å². The highest BCUT2D eigenvalue weighted by atomic mass is 35.7. The van der Waals surface area contributed by atoms with Crippen LogP contribution in [-0.2, 0) is 9.05 Å². The zero-order valence-electron chi connectivity index (χ0n) is 9.21. The molecule has 0 bridgehead atoms. The molecule has 1 atom stereocenters. The van der Waals surface area contributed by atoms with Crippen LogP contribution < -0.4 is 4.74 Å². The van der Waals surface area contributed by atoms with Gasteiger partial charge in [-0.25, -0.2) is 17.2 Å². The van der Waals surface area contributed by atoms with Gasteiger partial charge in [-0.15, -0.1) is 0 Å². The van der Waals surface area contributed by atoms with Gasteiger partial charge in [0.25, 0.3) is 9.05 Å². The lowest BCUT2D eigenvalue weighted by Gasteiger charge is -2.15. The van der Waals surface area contributed by atoms with Gasteiger partial charge in [-0.05, 0) is 19.4 Å². The van der Waals surface area contributed by atoms with Crippen molar-refractivity contribution >= 4 is 19.7 Å². The fourth-order valence-corrected chi connectivity index (χ4v) is 2.08. The van der Waals surface area contributed by atoms with Crippen molar-refractivity contribution in [1.82, 2.24) is 0 Å². The molecule has 1 aromatic carbocycles. The maximum Gasteiger partial charge on any atom is 0.265 e. The topological polar surface area (TPSA) is 43.4 Å². The van der Waals surface area contributed by atoms with Gasteiger partial charge in [0.1, 0.15) is 10.7 Å². The lowest BCUT2D eigenvalue weighted by molar-refractivity contribution is 0.201. The quantitative estimate of drug-likeness (QED) is 0.798. The van der Waals surface area contributed by atoms with Crippen LogP contribution in [-0.4, -0.2) is 14.5 Å². The normalized spacial score (nSPS) is 13.5. The summed E-state index contributed by atoms with van der Waals surface area (Å²) < 4.78 is 53.9. The molecule has 0 heterocycles. The van der Waals surface area contributed by atoms with Crippen LogP contribution in [0.3, 0.4) is 0 Å². The molecule has 3 nitrogen and oxygen atoms in total. The molecule has 1 rings (SSSR count). The third-order valence-electron chi connectivity index (χ3n) is 2.13. The second kappa shape index (κ2) is 5.18. The molecule has 0 N–H and O–H groups in total. The third kappa shape index (κ3) is 3.54. The molecule has 0 saturated heterocycles.